The molecule has 188 valence electrons. The number of ether oxygens (including phenoxy) is 1. The van der Waals surface area contributed by atoms with Gasteiger partial charge in [0.05, 0.1) is 24.9 Å². The van der Waals surface area contributed by atoms with Gasteiger partial charge in [-0.1, -0.05) is 11.7 Å². The topological polar surface area (TPSA) is 116 Å². The Balaban J connectivity index is 2.82. The molecule has 0 fully saturated rings. The van der Waals surface area contributed by atoms with E-state index in [9.17, 15) is 14.4 Å². The van der Waals surface area contributed by atoms with Crippen molar-refractivity contribution in [3.63, 3.8) is 0 Å². The molecule has 0 aliphatic heterocycles. The van der Waals surface area contributed by atoms with Crippen LogP contribution in [-0.2, 0) is 14.5 Å². The number of carbonyl (C=O) groups is 3. The maximum absolute atomic E-state index is 12.5. The summed E-state index contributed by atoms with van der Waals surface area (Å²) in [6.45, 7) is 7.46. The molecule has 1 aromatic rings. The van der Waals surface area contributed by atoms with Crippen LogP contribution in [0.2, 0.25) is 0 Å². The van der Waals surface area contributed by atoms with Crippen LogP contribution in [0, 0.1) is 13.8 Å². The van der Waals surface area contributed by atoms with Crippen molar-refractivity contribution in [2.24, 2.45) is 5.16 Å². The number of anilines is 1. The van der Waals surface area contributed by atoms with Crippen molar-refractivity contribution >= 4 is 41.6 Å². The average molecular weight is 497 g/mol. The highest BCUT2D eigenvalue weighted by Gasteiger charge is 2.23. The van der Waals surface area contributed by atoms with Gasteiger partial charge in [-0.15, -0.1) is 0 Å². The van der Waals surface area contributed by atoms with Gasteiger partial charge in [0.1, 0.15) is 5.75 Å². The molecule has 3 amide bonds. The fourth-order valence-electron chi connectivity index (χ4n) is 2.84. The number of aryl methyl sites for hydroxylation is 2. The number of hydroxylamine groups is 1. The summed E-state index contributed by atoms with van der Waals surface area (Å²) in [4.78, 5) is 49.8. The van der Waals surface area contributed by atoms with Crippen LogP contribution in [0.25, 0.3) is 0 Å². The molecule has 0 aromatic heterocycles. The predicted molar refractivity (Wildman–Crippen MR) is 131 cm³/mol. The molecular weight excluding hydrogens is 464 g/mol. The van der Waals surface area contributed by atoms with Crippen molar-refractivity contribution in [1.82, 2.24) is 19.0 Å². The third-order valence-electron chi connectivity index (χ3n) is 4.21. The van der Waals surface area contributed by atoms with Gasteiger partial charge in [0, 0.05) is 48.0 Å². The molecule has 0 atom stereocenters. The van der Waals surface area contributed by atoms with Gasteiger partial charge in [-0.05, 0) is 37.1 Å². The van der Waals surface area contributed by atoms with Gasteiger partial charge < -0.3 is 14.5 Å². The van der Waals surface area contributed by atoms with E-state index in [4.69, 9.17) is 14.4 Å². The van der Waals surface area contributed by atoms with E-state index in [0.717, 1.165) is 37.6 Å². The lowest BCUT2D eigenvalue weighted by molar-refractivity contribution is -0.121. The van der Waals surface area contributed by atoms with Gasteiger partial charge in [0.2, 0.25) is 0 Å². The summed E-state index contributed by atoms with van der Waals surface area (Å²) < 4.78 is 7.53. The summed E-state index contributed by atoms with van der Waals surface area (Å²) >= 11 is 0.718. The van der Waals surface area contributed by atoms with E-state index in [1.807, 2.05) is 32.8 Å². The first-order valence-corrected chi connectivity index (χ1v) is 10.7. The average Bonchev–Trinajstić information content (AvgIpc) is 2.72. The SMILES string of the molecule is C=C(NOC)C(=NOC(=O)N(C)SN(C)C(=O)Oc1cc(C)c(N(C)C)c(C)c1)C(=O)N(C)C. The van der Waals surface area contributed by atoms with Crippen LogP contribution in [0.5, 0.6) is 5.75 Å². The highest BCUT2D eigenvalue weighted by molar-refractivity contribution is 7.95. The molecule has 0 bridgehead atoms. The van der Waals surface area contributed by atoms with Gasteiger partial charge in [0.25, 0.3) is 5.91 Å². The fraction of sp³-hybridized carbons (Fsp3) is 0.429. The molecule has 0 unspecified atom stereocenters. The molecule has 0 radical (unpaired) electrons. The van der Waals surface area contributed by atoms with Gasteiger partial charge >= 0.3 is 12.2 Å². The third kappa shape index (κ3) is 7.85. The third-order valence-corrected chi connectivity index (χ3v) is 5.00. The highest BCUT2D eigenvalue weighted by Crippen LogP contribution is 2.29. The summed E-state index contributed by atoms with van der Waals surface area (Å²) in [5.74, 6) is -0.187. The van der Waals surface area contributed by atoms with Crippen LogP contribution < -0.4 is 15.1 Å². The normalized spacial score (nSPS) is 10.8. The van der Waals surface area contributed by atoms with E-state index in [0.29, 0.717) is 5.75 Å². The summed E-state index contributed by atoms with van der Waals surface area (Å²) in [6, 6.07) is 3.52. The predicted octanol–water partition coefficient (Wildman–Crippen LogP) is 2.54. The number of nitrogens with zero attached hydrogens (tertiary/aromatic N) is 5. The number of rotatable bonds is 9. The van der Waals surface area contributed by atoms with E-state index in [-0.39, 0.29) is 11.4 Å². The van der Waals surface area contributed by atoms with Crippen LogP contribution in [0.15, 0.2) is 29.6 Å². The largest absolute Gasteiger partial charge is 0.447 e. The maximum Gasteiger partial charge on any atom is 0.447 e. The van der Waals surface area contributed by atoms with Crippen LogP contribution in [0.4, 0.5) is 15.3 Å². The molecule has 1 aromatic carbocycles. The molecule has 1 rings (SSSR count). The molecule has 13 heteroatoms. The number of amides is 3. The number of hydrogen-bond acceptors (Lipinski definition) is 10. The van der Waals surface area contributed by atoms with Crippen molar-refractivity contribution in [1.29, 1.82) is 0 Å². The van der Waals surface area contributed by atoms with Crippen LogP contribution in [-0.4, -0.2) is 86.7 Å². The molecule has 0 saturated carbocycles. The second-order valence-corrected chi connectivity index (χ2v) is 8.78. The summed E-state index contributed by atoms with van der Waals surface area (Å²) in [6.07, 6.45) is -1.65. The highest BCUT2D eigenvalue weighted by atomic mass is 32.2. The van der Waals surface area contributed by atoms with E-state index in [2.05, 4.69) is 17.2 Å². The molecule has 1 N–H and O–H groups in total. The molecule has 0 saturated heterocycles. The molecular formula is C21H32N6O6S. The Labute approximate surface area is 204 Å². The van der Waals surface area contributed by atoms with Gasteiger partial charge in [0.15, 0.2) is 5.71 Å². The summed E-state index contributed by atoms with van der Waals surface area (Å²) in [7, 11) is 11.0. The minimum atomic E-state index is -0.944. The second kappa shape index (κ2) is 12.7. The van der Waals surface area contributed by atoms with Gasteiger partial charge in [-0.3, -0.25) is 19.9 Å². The van der Waals surface area contributed by atoms with E-state index in [1.165, 1.54) is 40.2 Å². The van der Waals surface area contributed by atoms with E-state index >= 15 is 0 Å². The Hall–Kier alpha value is -3.45. The fourth-order valence-corrected chi connectivity index (χ4v) is 3.42. The first kappa shape index (κ1) is 28.6. The second-order valence-electron chi connectivity index (χ2n) is 7.53. The molecule has 0 spiro atoms. The summed E-state index contributed by atoms with van der Waals surface area (Å²) in [5.41, 5.74) is 5.05. The Bertz CT molecular complexity index is 942. The van der Waals surface area contributed by atoms with Gasteiger partial charge in [-0.2, -0.15) is 0 Å². The van der Waals surface area contributed by atoms with Crippen LogP contribution in [0.3, 0.4) is 0 Å². The Kier molecular flexibility index (Phi) is 10.7. The lowest BCUT2D eigenvalue weighted by atomic mass is 10.1. The zero-order valence-corrected chi connectivity index (χ0v) is 21.8. The summed E-state index contributed by atoms with van der Waals surface area (Å²) in [5, 5.41) is 3.59. The Morgan fingerprint density at radius 2 is 1.50 bits per heavy atom. The number of carbonyl (C=O) groups excluding carboxylic acids is 3. The zero-order chi connectivity index (χ0) is 26.2. The lowest BCUT2D eigenvalue weighted by Gasteiger charge is -2.22. The van der Waals surface area contributed by atoms with Crippen molar-refractivity contribution < 1.29 is 28.8 Å². The zero-order valence-electron chi connectivity index (χ0n) is 21.0. The molecule has 34 heavy (non-hydrogen) atoms. The monoisotopic (exact) mass is 496 g/mol. The molecule has 0 aliphatic carbocycles. The van der Waals surface area contributed by atoms with Crippen LogP contribution >= 0.6 is 12.1 Å². The molecule has 12 nitrogen and oxygen atoms in total. The van der Waals surface area contributed by atoms with E-state index in [1.54, 1.807) is 12.1 Å². The number of benzene rings is 1. The smallest absolute Gasteiger partial charge is 0.410 e. The van der Waals surface area contributed by atoms with Crippen LogP contribution in [0.1, 0.15) is 11.1 Å². The molecule has 0 aliphatic rings. The standard InChI is InChI=1S/C21H32N6O6S/c1-13-11-16(12-14(2)18(13)24(4)5)32-20(29)26(8)34-27(9)21(30)33-23-17(15(3)22-31-10)19(28)25(6)7/h11-12,22H,3H2,1-2,4-10H3. The van der Waals surface area contributed by atoms with E-state index < -0.39 is 18.1 Å². The van der Waals surface area contributed by atoms with Crippen molar-refractivity contribution in [2.75, 3.05) is 54.3 Å². The number of nitrogens with one attached hydrogen (secondary N) is 1. The maximum atomic E-state index is 12.5. The van der Waals surface area contributed by atoms with Crippen molar-refractivity contribution in [2.45, 2.75) is 13.8 Å². The van der Waals surface area contributed by atoms with Gasteiger partial charge in [-0.25, -0.2) is 18.2 Å². The van der Waals surface area contributed by atoms with Crippen molar-refractivity contribution in [3.05, 3.63) is 35.5 Å². The minimum Gasteiger partial charge on any atom is -0.410 e. The first-order chi connectivity index (χ1) is 15.8. The first-order valence-electron chi connectivity index (χ1n) is 9.94. The Morgan fingerprint density at radius 1 is 0.971 bits per heavy atom. The lowest BCUT2D eigenvalue weighted by Crippen LogP contribution is -2.35. The quantitative estimate of drug-likeness (QED) is 0.238. The molecule has 0 heterocycles. The minimum absolute atomic E-state index is 0.00382. The number of hydrogen-bond donors (Lipinski definition) is 1. The van der Waals surface area contributed by atoms with Crippen molar-refractivity contribution in [3.8, 4) is 5.75 Å². The number of oxime groups is 1. The Morgan fingerprint density at radius 3 is 1.97 bits per heavy atom.